The van der Waals surface area contributed by atoms with Crippen LogP contribution in [-0.4, -0.2) is 25.2 Å². The number of ether oxygens (including phenoxy) is 2. The van der Waals surface area contributed by atoms with Crippen molar-refractivity contribution in [3.8, 4) is 11.5 Å². The van der Waals surface area contributed by atoms with Gasteiger partial charge < -0.3 is 9.47 Å². The van der Waals surface area contributed by atoms with E-state index in [1.807, 2.05) is 26.0 Å². The van der Waals surface area contributed by atoms with Gasteiger partial charge in [0.1, 0.15) is 0 Å². The minimum absolute atomic E-state index is 0.167. The van der Waals surface area contributed by atoms with Gasteiger partial charge in [0.05, 0.1) is 13.2 Å². The summed E-state index contributed by atoms with van der Waals surface area (Å²) in [6, 6.07) is 8.18. The van der Waals surface area contributed by atoms with Crippen molar-refractivity contribution in [2.45, 2.75) is 311 Å². The predicted molar refractivity (Wildman–Crippen MR) is 306 cm³/mol. The summed E-state index contributed by atoms with van der Waals surface area (Å²) in [7, 11) is -2.59. The van der Waals surface area contributed by atoms with Crippen molar-refractivity contribution in [2.75, 3.05) is 13.2 Å². The number of esters is 2. The summed E-state index contributed by atoms with van der Waals surface area (Å²) in [6.07, 6.45) is 43.9. The van der Waals surface area contributed by atoms with Crippen molar-refractivity contribution in [2.24, 2.45) is 0 Å². The van der Waals surface area contributed by atoms with Crippen LogP contribution in [0, 0.1) is 13.8 Å². The van der Waals surface area contributed by atoms with Crippen molar-refractivity contribution in [1.29, 1.82) is 0 Å². The second kappa shape index (κ2) is 39.5. The van der Waals surface area contributed by atoms with E-state index in [2.05, 4.69) is 67.5 Å². The van der Waals surface area contributed by atoms with E-state index in [1.54, 1.807) is 0 Å². The predicted octanol–water partition coefficient (Wildman–Crippen LogP) is 20.5. The highest BCUT2D eigenvalue weighted by Gasteiger charge is 2.34. The van der Waals surface area contributed by atoms with Crippen LogP contribution in [0.4, 0.5) is 0 Å². The summed E-state index contributed by atoms with van der Waals surface area (Å²) < 4.78 is 37.5. The molecular weight excluding hydrogens is 912 g/mol. The summed E-state index contributed by atoms with van der Waals surface area (Å²) in [5.74, 6) is 0.755. The molecule has 8 heteroatoms. The van der Waals surface area contributed by atoms with Crippen LogP contribution in [0.1, 0.15) is 307 Å². The lowest BCUT2D eigenvalue weighted by atomic mass is 9.83. The van der Waals surface area contributed by atoms with Crippen molar-refractivity contribution in [1.82, 2.24) is 0 Å². The smallest absolute Gasteiger partial charge is 0.466 e. The Kier molecular flexibility index (Phi) is 35.8. The fraction of sp³-hybridized carbons (Fsp3) is 0.781. The summed E-state index contributed by atoms with van der Waals surface area (Å²) in [6.45, 7) is 22.1. The fourth-order valence-electron chi connectivity index (χ4n) is 9.82. The third-order valence-corrected chi connectivity index (χ3v) is 15.0. The maximum absolute atomic E-state index is 13.8. The zero-order valence-corrected chi connectivity index (χ0v) is 49.4. The molecule has 0 aromatic heterocycles. The molecule has 2 rings (SSSR count). The van der Waals surface area contributed by atoms with Crippen LogP contribution in [0.25, 0.3) is 0 Å². The van der Waals surface area contributed by atoms with E-state index in [0.29, 0.717) is 50.4 Å². The molecule has 0 saturated carbocycles. The average Bonchev–Trinajstić information content (AvgIpc) is 3.32. The second-order valence-corrected chi connectivity index (χ2v) is 24.3. The lowest BCUT2D eigenvalue weighted by Gasteiger charge is -2.23. The Morgan fingerprint density at radius 2 is 0.653 bits per heavy atom. The maximum atomic E-state index is 13.8. The SMILES string of the molecule is CCCCCCCCCCCCCCCCCCOC(=O)CCc1cc(C)c(O[P+](=O)Oc2c(C)cc(CCC(=O)OCCCCCCCCCCCCCCCCCC)cc2C(C)(C)C)c(C(C)(C)C)c1. The normalized spacial score (nSPS) is 11.8. The molecule has 0 saturated heterocycles. The molecule has 0 N–H and O–H groups in total. The Hall–Kier alpha value is -2.92. The Morgan fingerprint density at radius 3 is 0.903 bits per heavy atom. The van der Waals surface area contributed by atoms with Gasteiger partial charge in [-0.1, -0.05) is 272 Å². The van der Waals surface area contributed by atoms with E-state index in [9.17, 15) is 14.2 Å². The molecule has 0 radical (unpaired) electrons. The Bertz CT molecular complexity index is 1630. The van der Waals surface area contributed by atoms with Gasteiger partial charge in [-0.2, -0.15) is 0 Å². The number of unbranched alkanes of at least 4 members (excludes halogenated alkanes) is 30. The monoisotopic (exact) mass is 1020 g/mol. The molecule has 0 unspecified atom stereocenters. The van der Waals surface area contributed by atoms with E-state index in [1.165, 1.54) is 180 Å². The molecule has 2 aromatic carbocycles. The van der Waals surface area contributed by atoms with Crippen LogP contribution >= 0.6 is 8.25 Å². The highest BCUT2D eigenvalue weighted by molar-refractivity contribution is 7.34. The van der Waals surface area contributed by atoms with Gasteiger partial charge in [0.25, 0.3) is 0 Å². The van der Waals surface area contributed by atoms with Gasteiger partial charge in [-0.15, -0.1) is 0 Å². The Labute approximate surface area is 444 Å². The number of hydrogen-bond donors (Lipinski definition) is 0. The first-order valence-electron chi connectivity index (χ1n) is 30.0. The molecule has 0 aliphatic heterocycles. The zero-order chi connectivity index (χ0) is 52.9. The number of rotatable bonds is 44. The van der Waals surface area contributed by atoms with Gasteiger partial charge in [0, 0.05) is 28.5 Å². The van der Waals surface area contributed by atoms with Gasteiger partial charge in [-0.3, -0.25) is 9.59 Å². The molecular formula is C64H110O7P+. The number of carbonyl (C=O) groups excluding carboxylic acids is 2. The van der Waals surface area contributed by atoms with E-state index in [0.717, 1.165) is 59.1 Å². The van der Waals surface area contributed by atoms with Crippen LogP contribution in [0.15, 0.2) is 24.3 Å². The zero-order valence-electron chi connectivity index (χ0n) is 48.5. The molecule has 0 fully saturated rings. The first-order chi connectivity index (χ1) is 34.6. The van der Waals surface area contributed by atoms with Crippen LogP contribution in [-0.2, 0) is 47.3 Å². The average molecular weight is 1020 g/mol. The third kappa shape index (κ3) is 31.1. The molecule has 0 atom stereocenters. The van der Waals surface area contributed by atoms with Crippen molar-refractivity contribution in [3.63, 3.8) is 0 Å². The molecule has 0 heterocycles. The standard InChI is InChI=1S/C64H110O7P/c1-11-13-15-17-19-21-23-25-27-29-31-33-35-37-39-41-47-68-59(65)45-43-55-49-53(3)61(57(51-55)63(5,6)7)70-72(67)71-62-54(4)50-56(52-58(62)64(8,9)10)44-46-60(66)69-48-42-40-38-36-34-32-30-28-26-24-22-20-18-16-14-12-2/h49-52H,11-48H2,1-10H3/q+1. The molecule has 0 amide bonds. The molecule has 0 bridgehead atoms. The largest absolute Gasteiger partial charge is 0.805 e. The number of benzene rings is 2. The topological polar surface area (TPSA) is 88.1 Å². The van der Waals surface area contributed by atoms with Crippen LogP contribution in [0.5, 0.6) is 11.5 Å². The minimum atomic E-state index is -2.59. The second-order valence-electron chi connectivity index (χ2n) is 23.5. The Balaban J connectivity index is 1.75. The van der Waals surface area contributed by atoms with Gasteiger partial charge in [-0.25, -0.2) is 9.05 Å². The first kappa shape index (κ1) is 65.2. The van der Waals surface area contributed by atoms with Crippen molar-refractivity contribution in [3.05, 3.63) is 57.6 Å². The minimum Gasteiger partial charge on any atom is -0.466 e. The van der Waals surface area contributed by atoms with Crippen LogP contribution in [0.3, 0.4) is 0 Å². The highest BCUT2D eigenvalue weighted by Crippen LogP contribution is 2.44. The molecule has 412 valence electrons. The van der Waals surface area contributed by atoms with Crippen molar-refractivity contribution >= 4 is 20.2 Å². The molecule has 7 nitrogen and oxygen atoms in total. The van der Waals surface area contributed by atoms with Crippen LogP contribution in [0.2, 0.25) is 0 Å². The number of hydrogen-bond acceptors (Lipinski definition) is 7. The highest BCUT2D eigenvalue weighted by atomic mass is 31.1. The molecule has 0 aliphatic rings. The van der Waals surface area contributed by atoms with Gasteiger partial charge >= 0.3 is 20.2 Å². The molecule has 0 aliphatic carbocycles. The molecule has 0 spiro atoms. The first-order valence-corrected chi connectivity index (χ1v) is 31.1. The van der Waals surface area contributed by atoms with Crippen LogP contribution < -0.4 is 9.05 Å². The van der Waals surface area contributed by atoms with Gasteiger partial charge in [-0.05, 0) is 72.6 Å². The van der Waals surface area contributed by atoms with E-state index >= 15 is 0 Å². The van der Waals surface area contributed by atoms with Gasteiger partial charge in [0.15, 0.2) is 11.5 Å². The summed E-state index contributed by atoms with van der Waals surface area (Å²) in [5, 5.41) is 0. The molecule has 72 heavy (non-hydrogen) atoms. The van der Waals surface area contributed by atoms with E-state index < -0.39 is 8.25 Å². The van der Waals surface area contributed by atoms with E-state index in [4.69, 9.17) is 18.5 Å². The maximum Gasteiger partial charge on any atom is 0.805 e. The summed E-state index contributed by atoms with van der Waals surface area (Å²) >= 11 is 0. The Morgan fingerprint density at radius 1 is 0.403 bits per heavy atom. The van der Waals surface area contributed by atoms with E-state index in [-0.39, 0.29) is 22.8 Å². The summed E-state index contributed by atoms with van der Waals surface area (Å²) in [5.41, 5.74) is 4.91. The fourth-order valence-corrected chi connectivity index (χ4v) is 10.6. The number of aryl methyl sites for hydroxylation is 4. The summed E-state index contributed by atoms with van der Waals surface area (Å²) in [4.78, 5) is 25.5. The quantitative estimate of drug-likeness (QED) is 0.0371. The molecule has 2 aromatic rings. The lowest BCUT2D eigenvalue weighted by molar-refractivity contribution is -0.144. The lowest BCUT2D eigenvalue weighted by Crippen LogP contribution is -2.16. The van der Waals surface area contributed by atoms with Gasteiger partial charge in [0.2, 0.25) is 0 Å². The third-order valence-electron chi connectivity index (χ3n) is 14.4. The van der Waals surface area contributed by atoms with Crippen molar-refractivity contribution < 1.29 is 32.7 Å². The number of carbonyl (C=O) groups is 2.